The van der Waals surface area contributed by atoms with Crippen LogP contribution in [0.4, 0.5) is 0 Å². The van der Waals surface area contributed by atoms with Gasteiger partial charge in [-0.3, -0.25) is 4.99 Å². The third-order valence-electron chi connectivity index (χ3n) is 3.98. The van der Waals surface area contributed by atoms with Gasteiger partial charge in [0.15, 0.2) is 5.90 Å². The smallest absolute Gasteiger partial charge is 0.186 e. The predicted molar refractivity (Wildman–Crippen MR) is 83.9 cm³/mol. The van der Waals surface area contributed by atoms with E-state index < -0.39 is 0 Å². The van der Waals surface area contributed by atoms with E-state index in [9.17, 15) is 0 Å². The average Bonchev–Trinajstić information content (AvgIpc) is 2.46. The minimum absolute atomic E-state index is 0.606. The maximum Gasteiger partial charge on any atom is 0.186 e. The van der Waals surface area contributed by atoms with Gasteiger partial charge in [0.05, 0.1) is 6.61 Å². The Morgan fingerprint density at radius 3 is 2.05 bits per heavy atom. The number of hydrogen-bond acceptors (Lipinski definition) is 2. The maximum atomic E-state index is 5.80. The van der Waals surface area contributed by atoms with Crippen molar-refractivity contribution in [2.75, 3.05) is 13.2 Å². The molecule has 1 aliphatic heterocycles. The van der Waals surface area contributed by atoms with Crippen LogP contribution in [0, 0.1) is 5.92 Å². The molecule has 0 saturated heterocycles. The standard InChI is InChI=1S/C17H33NO/c1-3-5-7-9-12-16(13-10-8-6-4-2)17-18-14-11-15-19-17/h16H,3-15H2,1-2H3. The van der Waals surface area contributed by atoms with Crippen LogP contribution in [0.2, 0.25) is 0 Å². The molecule has 0 aromatic heterocycles. The van der Waals surface area contributed by atoms with Crippen LogP contribution in [0.5, 0.6) is 0 Å². The lowest BCUT2D eigenvalue weighted by molar-refractivity contribution is 0.250. The van der Waals surface area contributed by atoms with Gasteiger partial charge in [-0.2, -0.15) is 0 Å². The van der Waals surface area contributed by atoms with E-state index in [-0.39, 0.29) is 0 Å². The van der Waals surface area contributed by atoms with Gasteiger partial charge in [0, 0.05) is 18.9 Å². The van der Waals surface area contributed by atoms with Gasteiger partial charge in [0.2, 0.25) is 0 Å². The summed E-state index contributed by atoms with van der Waals surface area (Å²) in [6.07, 6.45) is 14.5. The first-order valence-corrected chi connectivity index (χ1v) is 8.55. The summed E-state index contributed by atoms with van der Waals surface area (Å²) < 4.78 is 5.80. The number of aliphatic imine (C=N–C) groups is 1. The van der Waals surface area contributed by atoms with E-state index in [2.05, 4.69) is 18.8 Å². The van der Waals surface area contributed by atoms with Crippen molar-refractivity contribution in [1.29, 1.82) is 0 Å². The van der Waals surface area contributed by atoms with Gasteiger partial charge < -0.3 is 4.74 Å². The van der Waals surface area contributed by atoms with Crippen molar-refractivity contribution < 1.29 is 4.74 Å². The maximum absolute atomic E-state index is 5.80. The summed E-state index contributed by atoms with van der Waals surface area (Å²) in [6, 6.07) is 0. The molecule has 0 N–H and O–H groups in total. The van der Waals surface area contributed by atoms with Crippen LogP contribution < -0.4 is 0 Å². The van der Waals surface area contributed by atoms with Crippen molar-refractivity contribution in [2.24, 2.45) is 10.9 Å². The first-order valence-electron chi connectivity index (χ1n) is 8.55. The van der Waals surface area contributed by atoms with Gasteiger partial charge in [-0.1, -0.05) is 65.2 Å². The van der Waals surface area contributed by atoms with Gasteiger partial charge in [-0.05, 0) is 12.8 Å². The SMILES string of the molecule is CCCCCCC(CCCCCC)C1=NCCCO1. The molecule has 0 aromatic carbocycles. The van der Waals surface area contributed by atoms with E-state index in [1.165, 1.54) is 64.2 Å². The lowest BCUT2D eigenvalue weighted by Crippen LogP contribution is -2.23. The summed E-state index contributed by atoms with van der Waals surface area (Å²) in [6.45, 7) is 6.42. The van der Waals surface area contributed by atoms with Crippen molar-refractivity contribution in [3.05, 3.63) is 0 Å². The Bertz CT molecular complexity index is 225. The Balaban J connectivity index is 2.31. The fraction of sp³-hybridized carbons (Fsp3) is 0.941. The third-order valence-corrected chi connectivity index (χ3v) is 3.98. The zero-order valence-electron chi connectivity index (χ0n) is 13.1. The van der Waals surface area contributed by atoms with Crippen molar-refractivity contribution in [3.8, 4) is 0 Å². The Morgan fingerprint density at radius 2 is 1.58 bits per heavy atom. The highest BCUT2D eigenvalue weighted by atomic mass is 16.5. The van der Waals surface area contributed by atoms with Crippen molar-refractivity contribution in [3.63, 3.8) is 0 Å². The number of ether oxygens (including phenoxy) is 1. The molecule has 0 radical (unpaired) electrons. The zero-order valence-corrected chi connectivity index (χ0v) is 13.1. The summed E-state index contributed by atoms with van der Waals surface area (Å²) >= 11 is 0. The van der Waals surface area contributed by atoms with Crippen LogP contribution >= 0.6 is 0 Å². The number of nitrogens with zero attached hydrogens (tertiary/aromatic N) is 1. The highest BCUT2D eigenvalue weighted by Gasteiger charge is 2.18. The molecule has 112 valence electrons. The molecular formula is C17H33NO. The Labute approximate surface area is 120 Å². The first-order chi connectivity index (χ1) is 9.38. The Kier molecular flexibility index (Phi) is 9.84. The molecular weight excluding hydrogens is 234 g/mol. The van der Waals surface area contributed by atoms with Gasteiger partial charge in [-0.15, -0.1) is 0 Å². The second-order valence-electron chi connectivity index (χ2n) is 5.82. The van der Waals surface area contributed by atoms with E-state index >= 15 is 0 Å². The molecule has 0 aliphatic carbocycles. The van der Waals surface area contributed by atoms with E-state index in [4.69, 9.17) is 4.74 Å². The summed E-state index contributed by atoms with van der Waals surface area (Å²) in [4.78, 5) is 4.62. The molecule has 1 heterocycles. The number of hydrogen-bond donors (Lipinski definition) is 0. The van der Waals surface area contributed by atoms with Crippen LogP contribution in [0.1, 0.15) is 84.5 Å². The second kappa shape index (κ2) is 11.3. The van der Waals surface area contributed by atoms with E-state index in [1.54, 1.807) is 0 Å². The fourth-order valence-corrected chi connectivity index (χ4v) is 2.75. The van der Waals surface area contributed by atoms with E-state index in [0.717, 1.165) is 25.5 Å². The second-order valence-corrected chi connectivity index (χ2v) is 5.82. The predicted octanol–water partition coefficient (Wildman–Crippen LogP) is 5.36. The molecule has 0 aromatic rings. The van der Waals surface area contributed by atoms with Crippen LogP contribution in [0.15, 0.2) is 4.99 Å². The van der Waals surface area contributed by atoms with Crippen LogP contribution in [-0.4, -0.2) is 19.0 Å². The molecule has 0 bridgehead atoms. The molecule has 2 nitrogen and oxygen atoms in total. The topological polar surface area (TPSA) is 21.6 Å². The molecule has 0 saturated carbocycles. The molecule has 0 atom stereocenters. The third kappa shape index (κ3) is 7.59. The van der Waals surface area contributed by atoms with Crippen LogP contribution in [-0.2, 0) is 4.74 Å². The molecule has 0 spiro atoms. The average molecular weight is 267 g/mol. The normalized spacial score (nSPS) is 15.4. The highest BCUT2D eigenvalue weighted by molar-refractivity contribution is 5.79. The summed E-state index contributed by atoms with van der Waals surface area (Å²) in [5.74, 6) is 1.69. The zero-order chi connectivity index (χ0) is 13.8. The van der Waals surface area contributed by atoms with Crippen molar-refractivity contribution >= 4 is 5.90 Å². The molecule has 0 fully saturated rings. The van der Waals surface area contributed by atoms with Gasteiger partial charge in [-0.25, -0.2) is 0 Å². The van der Waals surface area contributed by atoms with E-state index in [1.807, 2.05) is 0 Å². The summed E-state index contributed by atoms with van der Waals surface area (Å²) in [5.41, 5.74) is 0. The summed E-state index contributed by atoms with van der Waals surface area (Å²) in [5, 5.41) is 0. The minimum Gasteiger partial charge on any atom is -0.481 e. The number of unbranched alkanes of at least 4 members (excludes halogenated alkanes) is 6. The first kappa shape index (κ1) is 16.5. The molecule has 19 heavy (non-hydrogen) atoms. The quantitative estimate of drug-likeness (QED) is 0.462. The van der Waals surface area contributed by atoms with Gasteiger partial charge in [0.1, 0.15) is 0 Å². The Hall–Kier alpha value is -0.530. The molecule has 0 unspecified atom stereocenters. The van der Waals surface area contributed by atoms with Gasteiger partial charge >= 0.3 is 0 Å². The van der Waals surface area contributed by atoms with Crippen molar-refractivity contribution in [2.45, 2.75) is 84.5 Å². The molecule has 0 amide bonds. The van der Waals surface area contributed by atoms with Gasteiger partial charge in [0.25, 0.3) is 0 Å². The van der Waals surface area contributed by atoms with Crippen LogP contribution in [0.25, 0.3) is 0 Å². The van der Waals surface area contributed by atoms with Crippen LogP contribution in [0.3, 0.4) is 0 Å². The lowest BCUT2D eigenvalue weighted by atomic mass is 9.94. The lowest BCUT2D eigenvalue weighted by Gasteiger charge is -2.22. The monoisotopic (exact) mass is 267 g/mol. The molecule has 2 heteroatoms. The fourth-order valence-electron chi connectivity index (χ4n) is 2.75. The molecule has 1 aliphatic rings. The van der Waals surface area contributed by atoms with E-state index in [0.29, 0.717) is 5.92 Å². The van der Waals surface area contributed by atoms with Crippen molar-refractivity contribution in [1.82, 2.24) is 0 Å². The largest absolute Gasteiger partial charge is 0.481 e. The summed E-state index contributed by atoms with van der Waals surface area (Å²) in [7, 11) is 0. The molecule has 1 rings (SSSR count). The Morgan fingerprint density at radius 1 is 0.947 bits per heavy atom. The highest BCUT2D eigenvalue weighted by Crippen LogP contribution is 2.22. The number of rotatable bonds is 11. The minimum atomic E-state index is 0.606.